The maximum Gasteiger partial charge on any atom is 0.160 e. The molecule has 4 atom stereocenters. The van der Waals surface area contributed by atoms with Crippen LogP contribution in [-0.4, -0.2) is 46.9 Å². The van der Waals surface area contributed by atoms with Crippen LogP contribution in [0, 0.1) is 11.8 Å². The first kappa shape index (κ1) is 23.8. The van der Waals surface area contributed by atoms with Gasteiger partial charge in [0.05, 0.1) is 26.4 Å². The van der Waals surface area contributed by atoms with E-state index >= 15 is 0 Å². The summed E-state index contributed by atoms with van der Waals surface area (Å²) in [5.74, 6) is 0.946. The Bertz CT molecular complexity index is 802. The van der Waals surface area contributed by atoms with Gasteiger partial charge in [0.25, 0.3) is 0 Å². The Kier molecular flexibility index (Phi) is 8.81. The zero-order valence-corrected chi connectivity index (χ0v) is 18.2. The molecule has 6 nitrogen and oxygen atoms in total. The van der Waals surface area contributed by atoms with Crippen LogP contribution in [0.3, 0.4) is 0 Å². The molecule has 0 radical (unpaired) electrons. The Labute approximate surface area is 178 Å². The second kappa shape index (κ2) is 11.1. The highest BCUT2D eigenvalue weighted by atomic mass is 16.5. The first-order valence-corrected chi connectivity index (χ1v) is 10.3. The predicted octanol–water partition coefficient (Wildman–Crippen LogP) is 3.67. The molecule has 0 heterocycles. The third-order valence-electron chi connectivity index (χ3n) is 5.64. The summed E-state index contributed by atoms with van der Waals surface area (Å²) in [6, 6.07) is 10.6. The van der Waals surface area contributed by atoms with Gasteiger partial charge in [-0.1, -0.05) is 12.1 Å². The van der Waals surface area contributed by atoms with Gasteiger partial charge >= 0.3 is 0 Å². The zero-order valence-electron chi connectivity index (χ0n) is 18.2. The van der Waals surface area contributed by atoms with E-state index in [1.807, 2.05) is 12.1 Å². The minimum absolute atomic E-state index is 0.0663. The van der Waals surface area contributed by atoms with E-state index in [-0.39, 0.29) is 23.3 Å². The van der Waals surface area contributed by atoms with Crippen LogP contribution < -0.4 is 9.47 Å². The molecule has 0 fully saturated rings. The number of phenols is 2. The molecule has 0 aliphatic carbocycles. The third kappa shape index (κ3) is 6.54. The standard InChI is InChI=1S/C24H34O6/c1-15(25)5-8-19(11-17-6-9-23(29-3)21(27)13-17)20(16(2)26)12-18-7-10-24(30-4)22(28)14-18/h6-7,9-10,13-16,19-20,25-28H,5,8,11-12H2,1-4H3/t15-,16-,19+,20-/m0/s1. The van der Waals surface area contributed by atoms with Crippen LogP contribution in [-0.2, 0) is 12.8 Å². The maximum atomic E-state index is 10.6. The quantitative estimate of drug-likeness (QED) is 0.444. The van der Waals surface area contributed by atoms with Gasteiger partial charge in [0.15, 0.2) is 23.0 Å². The Hall–Kier alpha value is -2.44. The van der Waals surface area contributed by atoms with Crippen LogP contribution in [0.1, 0.15) is 37.8 Å². The number of methoxy groups -OCH3 is 2. The second-order valence-corrected chi connectivity index (χ2v) is 8.01. The van der Waals surface area contributed by atoms with E-state index in [0.29, 0.717) is 30.8 Å². The highest BCUT2D eigenvalue weighted by Gasteiger charge is 2.27. The molecule has 2 aromatic rings. The highest BCUT2D eigenvalue weighted by Crippen LogP contribution is 2.34. The lowest BCUT2D eigenvalue weighted by Gasteiger charge is -2.30. The number of hydrogen-bond acceptors (Lipinski definition) is 6. The van der Waals surface area contributed by atoms with Gasteiger partial charge in [-0.3, -0.25) is 0 Å². The van der Waals surface area contributed by atoms with E-state index in [0.717, 1.165) is 17.5 Å². The number of benzene rings is 2. The van der Waals surface area contributed by atoms with Crippen molar-refractivity contribution in [3.05, 3.63) is 47.5 Å². The topological polar surface area (TPSA) is 99.4 Å². The van der Waals surface area contributed by atoms with Crippen LogP contribution in [0.5, 0.6) is 23.0 Å². The molecule has 2 aromatic carbocycles. The number of aromatic hydroxyl groups is 2. The molecule has 0 amide bonds. The molecule has 0 saturated carbocycles. The van der Waals surface area contributed by atoms with Gasteiger partial charge < -0.3 is 29.9 Å². The Morgan fingerprint density at radius 1 is 0.767 bits per heavy atom. The van der Waals surface area contributed by atoms with Crippen molar-refractivity contribution >= 4 is 0 Å². The molecule has 0 aliphatic rings. The SMILES string of the molecule is COc1ccc(C[C@@H](CC[C@H](C)O)[C@@H](Cc2ccc(OC)c(O)c2)[C@H](C)O)cc1O. The lowest BCUT2D eigenvalue weighted by Crippen LogP contribution is -2.30. The van der Waals surface area contributed by atoms with Crippen molar-refractivity contribution in [3.8, 4) is 23.0 Å². The van der Waals surface area contributed by atoms with Gasteiger partial charge in [0.2, 0.25) is 0 Å². The zero-order chi connectivity index (χ0) is 22.3. The molecular weight excluding hydrogens is 384 g/mol. The molecule has 30 heavy (non-hydrogen) atoms. The Balaban J connectivity index is 2.27. The van der Waals surface area contributed by atoms with Crippen LogP contribution in [0.15, 0.2) is 36.4 Å². The summed E-state index contributed by atoms with van der Waals surface area (Å²) >= 11 is 0. The van der Waals surface area contributed by atoms with Crippen LogP contribution in [0.25, 0.3) is 0 Å². The fourth-order valence-electron chi connectivity index (χ4n) is 3.95. The molecular formula is C24H34O6. The summed E-state index contributed by atoms with van der Waals surface area (Å²) < 4.78 is 10.2. The van der Waals surface area contributed by atoms with Crippen molar-refractivity contribution in [2.75, 3.05) is 14.2 Å². The average Bonchev–Trinajstić information content (AvgIpc) is 2.69. The van der Waals surface area contributed by atoms with Crippen molar-refractivity contribution < 1.29 is 29.9 Å². The molecule has 0 unspecified atom stereocenters. The number of phenolic OH excluding ortho intramolecular Hbond substituents is 2. The van der Waals surface area contributed by atoms with Gasteiger partial charge in [-0.05, 0) is 86.8 Å². The first-order valence-electron chi connectivity index (χ1n) is 10.3. The lowest BCUT2D eigenvalue weighted by molar-refractivity contribution is 0.0751. The molecule has 0 aromatic heterocycles. The van der Waals surface area contributed by atoms with Crippen molar-refractivity contribution in [1.82, 2.24) is 0 Å². The first-order chi connectivity index (χ1) is 14.2. The average molecular weight is 419 g/mol. The number of aliphatic hydroxyl groups is 2. The normalized spacial score (nSPS) is 15.3. The van der Waals surface area contributed by atoms with E-state index in [9.17, 15) is 20.4 Å². The minimum Gasteiger partial charge on any atom is -0.504 e. The van der Waals surface area contributed by atoms with Crippen LogP contribution in [0.4, 0.5) is 0 Å². The highest BCUT2D eigenvalue weighted by molar-refractivity contribution is 5.42. The molecule has 6 heteroatoms. The van der Waals surface area contributed by atoms with Crippen molar-refractivity contribution in [2.45, 2.75) is 51.7 Å². The summed E-state index contributed by atoms with van der Waals surface area (Å²) in [5.41, 5.74) is 1.84. The number of hydrogen-bond donors (Lipinski definition) is 4. The monoisotopic (exact) mass is 418 g/mol. The summed E-state index contributed by atoms with van der Waals surface area (Å²) in [6.07, 6.45) is 1.53. The van der Waals surface area contributed by atoms with Gasteiger partial charge in [0.1, 0.15) is 0 Å². The van der Waals surface area contributed by atoms with Crippen molar-refractivity contribution in [2.24, 2.45) is 11.8 Å². The molecule has 166 valence electrons. The molecule has 0 aliphatic heterocycles. The van der Waals surface area contributed by atoms with Gasteiger partial charge in [0, 0.05) is 0 Å². The van der Waals surface area contributed by atoms with Crippen LogP contribution in [0.2, 0.25) is 0 Å². The summed E-state index contributed by atoms with van der Waals surface area (Å²) in [5, 5.41) is 40.6. The summed E-state index contributed by atoms with van der Waals surface area (Å²) in [7, 11) is 3.01. The molecule has 0 spiro atoms. The van der Waals surface area contributed by atoms with E-state index in [2.05, 4.69) is 0 Å². The molecule has 4 N–H and O–H groups in total. The molecule has 0 saturated heterocycles. The van der Waals surface area contributed by atoms with Gasteiger partial charge in [-0.15, -0.1) is 0 Å². The number of aliphatic hydroxyl groups excluding tert-OH is 2. The molecule has 0 bridgehead atoms. The van der Waals surface area contributed by atoms with E-state index in [1.54, 1.807) is 38.1 Å². The van der Waals surface area contributed by atoms with E-state index in [1.165, 1.54) is 14.2 Å². The van der Waals surface area contributed by atoms with Gasteiger partial charge in [-0.2, -0.15) is 0 Å². The van der Waals surface area contributed by atoms with Gasteiger partial charge in [-0.25, -0.2) is 0 Å². The number of rotatable bonds is 11. The fraction of sp³-hybridized carbons (Fsp3) is 0.500. The largest absolute Gasteiger partial charge is 0.504 e. The fourth-order valence-corrected chi connectivity index (χ4v) is 3.95. The Morgan fingerprint density at radius 2 is 1.27 bits per heavy atom. The Morgan fingerprint density at radius 3 is 1.67 bits per heavy atom. The van der Waals surface area contributed by atoms with Crippen molar-refractivity contribution in [3.63, 3.8) is 0 Å². The smallest absolute Gasteiger partial charge is 0.160 e. The third-order valence-corrected chi connectivity index (χ3v) is 5.64. The van der Waals surface area contributed by atoms with Crippen LogP contribution >= 0.6 is 0 Å². The summed E-state index contributed by atoms with van der Waals surface area (Å²) in [4.78, 5) is 0. The summed E-state index contributed by atoms with van der Waals surface area (Å²) in [6.45, 7) is 3.53. The van der Waals surface area contributed by atoms with E-state index in [4.69, 9.17) is 9.47 Å². The second-order valence-electron chi connectivity index (χ2n) is 8.01. The predicted molar refractivity (Wildman–Crippen MR) is 116 cm³/mol. The lowest BCUT2D eigenvalue weighted by atomic mass is 9.77. The minimum atomic E-state index is -0.583. The van der Waals surface area contributed by atoms with E-state index < -0.39 is 12.2 Å². The number of ether oxygens (including phenoxy) is 2. The van der Waals surface area contributed by atoms with Crippen molar-refractivity contribution in [1.29, 1.82) is 0 Å². The maximum absolute atomic E-state index is 10.6. The molecule has 2 rings (SSSR count).